The van der Waals surface area contributed by atoms with Crippen molar-refractivity contribution < 1.29 is 19.1 Å². The maximum Gasteiger partial charge on any atom is 0.354 e. The lowest BCUT2D eigenvalue weighted by atomic mass is 10.2. The Morgan fingerprint density at radius 2 is 2.00 bits per heavy atom. The summed E-state index contributed by atoms with van der Waals surface area (Å²) in [6, 6.07) is 5.37. The molecule has 1 aromatic carbocycles. The molecule has 0 aliphatic carbocycles. The molecule has 0 saturated carbocycles. The number of aromatic carboxylic acids is 1. The van der Waals surface area contributed by atoms with Gasteiger partial charge in [-0.05, 0) is 23.8 Å². The molecule has 0 unspecified atom stereocenters. The summed E-state index contributed by atoms with van der Waals surface area (Å²) >= 11 is 12.1. The smallest absolute Gasteiger partial charge is 0.354 e. The van der Waals surface area contributed by atoms with E-state index in [2.05, 4.69) is 15.5 Å². The van der Waals surface area contributed by atoms with Crippen LogP contribution in [0, 0.1) is 5.82 Å². The Labute approximate surface area is 168 Å². The second-order valence-electron chi connectivity index (χ2n) is 5.80. The number of hydrogen-bond acceptors (Lipinski definition) is 4. The van der Waals surface area contributed by atoms with Gasteiger partial charge in [0, 0.05) is 23.8 Å². The van der Waals surface area contributed by atoms with E-state index in [-0.39, 0.29) is 41.1 Å². The first kappa shape index (κ1) is 19.8. The van der Waals surface area contributed by atoms with Gasteiger partial charge < -0.3 is 10.4 Å². The first-order valence-corrected chi connectivity index (χ1v) is 8.81. The van der Waals surface area contributed by atoms with Gasteiger partial charge in [-0.25, -0.2) is 9.18 Å². The number of nitrogens with zero attached hydrogens (tertiary/aromatic N) is 4. The van der Waals surface area contributed by atoms with E-state index in [1.54, 1.807) is 0 Å². The monoisotopic (exact) mass is 425 g/mol. The second-order valence-corrected chi connectivity index (χ2v) is 6.62. The lowest BCUT2D eigenvalue weighted by molar-refractivity contribution is -0.116. The summed E-state index contributed by atoms with van der Waals surface area (Å²) in [5.74, 6) is -1.81. The molecule has 0 aliphatic rings. The molecule has 146 valence electrons. The van der Waals surface area contributed by atoms with Crippen LogP contribution in [0.5, 0.6) is 0 Å². The van der Waals surface area contributed by atoms with Crippen LogP contribution in [0.4, 0.5) is 10.2 Å². The number of hydrogen-bond donors (Lipinski definition) is 2. The van der Waals surface area contributed by atoms with Gasteiger partial charge in [-0.3, -0.25) is 14.2 Å². The zero-order valence-corrected chi connectivity index (χ0v) is 15.8. The Bertz CT molecular complexity index is 1030. The molecule has 28 heavy (non-hydrogen) atoms. The van der Waals surface area contributed by atoms with Crippen molar-refractivity contribution in [2.24, 2.45) is 0 Å². The summed E-state index contributed by atoms with van der Waals surface area (Å²) in [6.07, 6.45) is 2.84. The van der Waals surface area contributed by atoms with Crippen LogP contribution in [-0.4, -0.2) is 36.5 Å². The van der Waals surface area contributed by atoms with E-state index in [4.69, 9.17) is 28.3 Å². The number of halogens is 3. The fourth-order valence-corrected chi connectivity index (χ4v) is 2.91. The number of aromatic nitrogens is 4. The number of carboxylic acid groups (broad SMARTS) is 1. The van der Waals surface area contributed by atoms with Gasteiger partial charge in [0.1, 0.15) is 16.5 Å². The van der Waals surface area contributed by atoms with Crippen molar-refractivity contribution in [1.29, 1.82) is 0 Å². The van der Waals surface area contributed by atoms with E-state index < -0.39 is 17.7 Å². The topological polar surface area (TPSA) is 102 Å². The molecule has 0 fully saturated rings. The number of carboxylic acids is 1. The Morgan fingerprint density at radius 3 is 2.71 bits per heavy atom. The fourth-order valence-electron chi connectivity index (χ4n) is 2.48. The number of anilines is 1. The number of benzene rings is 1. The zero-order valence-electron chi connectivity index (χ0n) is 14.3. The second kappa shape index (κ2) is 8.41. The van der Waals surface area contributed by atoms with Crippen LogP contribution in [0.25, 0.3) is 0 Å². The van der Waals surface area contributed by atoms with Crippen LogP contribution in [0.2, 0.25) is 10.0 Å². The lowest BCUT2D eigenvalue weighted by Crippen LogP contribution is -2.18. The molecule has 0 atom stereocenters. The molecule has 8 nitrogen and oxygen atoms in total. The Balaban J connectivity index is 1.62. The quantitative estimate of drug-likeness (QED) is 0.604. The van der Waals surface area contributed by atoms with Crippen molar-refractivity contribution >= 4 is 40.9 Å². The minimum absolute atomic E-state index is 0.00807. The minimum Gasteiger partial charge on any atom is -0.477 e. The third kappa shape index (κ3) is 4.68. The predicted molar refractivity (Wildman–Crippen MR) is 100 cm³/mol. The average Bonchev–Trinajstić information content (AvgIpc) is 3.22. The van der Waals surface area contributed by atoms with Gasteiger partial charge in [0.2, 0.25) is 5.91 Å². The molecule has 2 N–H and O–H groups in total. The molecule has 2 aromatic heterocycles. The minimum atomic E-state index is -1.13. The maximum atomic E-state index is 13.1. The van der Waals surface area contributed by atoms with E-state index in [1.165, 1.54) is 46.0 Å². The van der Waals surface area contributed by atoms with Gasteiger partial charge in [-0.1, -0.05) is 29.3 Å². The highest BCUT2D eigenvalue weighted by atomic mass is 35.5. The number of amides is 1. The lowest BCUT2D eigenvalue weighted by Gasteiger charge is -2.06. The summed E-state index contributed by atoms with van der Waals surface area (Å²) in [4.78, 5) is 23.2. The Morgan fingerprint density at radius 1 is 1.21 bits per heavy atom. The number of rotatable bonds is 7. The number of nitrogens with one attached hydrogen (secondary N) is 1. The standard InChI is InChI=1S/C17H14Cl2FN5O3/c18-12-7-11(20)2-1-10(12)8-24-9-13(19)16(23-24)22-15(26)4-6-25-14(17(27)28)3-5-21-25/h1-3,5,7,9H,4,6,8H2,(H,27,28)(H,22,23,26). The van der Waals surface area contributed by atoms with Gasteiger partial charge in [0.25, 0.3) is 0 Å². The SMILES string of the molecule is O=C(CCn1nccc1C(=O)O)Nc1nn(Cc2ccc(F)cc2Cl)cc1Cl. The normalized spacial score (nSPS) is 10.8. The third-order valence-corrected chi connectivity index (χ3v) is 4.44. The molecule has 1 amide bonds. The van der Waals surface area contributed by atoms with Crippen molar-refractivity contribution in [3.05, 3.63) is 63.8 Å². The van der Waals surface area contributed by atoms with Gasteiger partial charge in [-0.2, -0.15) is 10.2 Å². The van der Waals surface area contributed by atoms with Gasteiger partial charge in [0.15, 0.2) is 5.82 Å². The highest BCUT2D eigenvalue weighted by Crippen LogP contribution is 2.23. The number of carbonyl (C=O) groups is 2. The van der Waals surface area contributed by atoms with Crippen LogP contribution in [0.3, 0.4) is 0 Å². The molecule has 0 saturated heterocycles. The molecule has 11 heteroatoms. The predicted octanol–water partition coefficient (Wildman–Crippen LogP) is 3.30. The summed E-state index contributed by atoms with van der Waals surface area (Å²) in [5.41, 5.74) is 0.631. The van der Waals surface area contributed by atoms with Crippen molar-refractivity contribution in [1.82, 2.24) is 19.6 Å². The Hall–Kier alpha value is -2.91. The van der Waals surface area contributed by atoms with Crippen molar-refractivity contribution in [2.45, 2.75) is 19.5 Å². The number of carbonyl (C=O) groups excluding carboxylic acids is 1. The maximum absolute atomic E-state index is 13.1. The molecular weight excluding hydrogens is 412 g/mol. The van der Waals surface area contributed by atoms with Gasteiger partial charge in [-0.15, -0.1) is 0 Å². The molecule has 3 aromatic rings. The largest absolute Gasteiger partial charge is 0.477 e. The highest BCUT2D eigenvalue weighted by Gasteiger charge is 2.14. The van der Waals surface area contributed by atoms with Crippen molar-refractivity contribution in [3.63, 3.8) is 0 Å². The van der Waals surface area contributed by atoms with E-state index in [0.29, 0.717) is 5.56 Å². The highest BCUT2D eigenvalue weighted by molar-refractivity contribution is 6.33. The van der Waals surface area contributed by atoms with Crippen LogP contribution in [0.15, 0.2) is 36.7 Å². The van der Waals surface area contributed by atoms with E-state index in [1.807, 2.05) is 0 Å². The fraction of sp³-hybridized carbons (Fsp3) is 0.176. The van der Waals surface area contributed by atoms with E-state index in [0.717, 1.165) is 0 Å². The summed E-state index contributed by atoms with van der Waals surface area (Å²) in [6.45, 7) is 0.327. The molecule has 0 bridgehead atoms. The molecule has 0 radical (unpaired) electrons. The van der Waals surface area contributed by atoms with E-state index in [9.17, 15) is 14.0 Å². The average molecular weight is 426 g/mol. The summed E-state index contributed by atoms with van der Waals surface area (Å²) in [7, 11) is 0. The molecule has 0 spiro atoms. The molecule has 0 aliphatic heterocycles. The summed E-state index contributed by atoms with van der Waals surface area (Å²) < 4.78 is 15.8. The third-order valence-electron chi connectivity index (χ3n) is 3.81. The van der Waals surface area contributed by atoms with Crippen LogP contribution in [0.1, 0.15) is 22.5 Å². The zero-order chi connectivity index (χ0) is 20.3. The van der Waals surface area contributed by atoms with Crippen molar-refractivity contribution in [3.8, 4) is 0 Å². The first-order chi connectivity index (χ1) is 13.3. The van der Waals surface area contributed by atoms with Crippen LogP contribution in [-0.2, 0) is 17.9 Å². The van der Waals surface area contributed by atoms with E-state index >= 15 is 0 Å². The molecule has 3 rings (SSSR count). The number of aryl methyl sites for hydroxylation is 1. The van der Waals surface area contributed by atoms with Gasteiger partial charge >= 0.3 is 5.97 Å². The molecular formula is C17H14Cl2FN5O3. The van der Waals surface area contributed by atoms with Crippen LogP contribution >= 0.6 is 23.2 Å². The Kier molecular flexibility index (Phi) is 5.96. The first-order valence-electron chi connectivity index (χ1n) is 8.05. The van der Waals surface area contributed by atoms with Gasteiger partial charge in [0.05, 0.1) is 13.1 Å². The molecule has 2 heterocycles. The summed E-state index contributed by atoms with van der Waals surface area (Å²) in [5, 5.41) is 20.1. The van der Waals surface area contributed by atoms with Crippen molar-refractivity contribution in [2.75, 3.05) is 5.32 Å². The van der Waals surface area contributed by atoms with Crippen LogP contribution < -0.4 is 5.32 Å².